The molecule has 0 saturated carbocycles. The highest BCUT2D eigenvalue weighted by atomic mass is 32.2. The zero-order chi connectivity index (χ0) is 20.5. The van der Waals surface area contributed by atoms with Crippen LogP contribution in [0.15, 0.2) is 29.3 Å². The van der Waals surface area contributed by atoms with Crippen LogP contribution in [0.1, 0.15) is 38.7 Å². The van der Waals surface area contributed by atoms with Gasteiger partial charge in [0.15, 0.2) is 5.17 Å². The highest BCUT2D eigenvalue weighted by Crippen LogP contribution is 2.35. The van der Waals surface area contributed by atoms with E-state index in [1.807, 2.05) is 28.0 Å². The molecule has 4 atom stereocenters. The maximum atomic E-state index is 13.1. The number of aryl methyl sites for hydroxylation is 1. The summed E-state index contributed by atoms with van der Waals surface area (Å²) in [4.78, 5) is 22.0. The van der Waals surface area contributed by atoms with Crippen LogP contribution in [0.3, 0.4) is 0 Å². The number of hydrazine groups is 1. The molecule has 0 aromatic heterocycles. The number of fused-ring (bicyclic) bond motifs is 1. The normalized spacial score (nSPS) is 27.8. The lowest BCUT2D eigenvalue weighted by Gasteiger charge is -2.37. The Balaban J connectivity index is 1.67. The molecular formula is C21H30N6OS. The number of para-hydroxylation sites is 1. The van der Waals surface area contributed by atoms with E-state index in [0.717, 1.165) is 48.8 Å². The topological polar surface area (TPSA) is 83.8 Å². The molecule has 4 rings (SSSR count). The van der Waals surface area contributed by atoms with Gasteiger partial charge in [-0.1, -0.05) is 36.9 Å². The van der Waals surface area contributed by atoms with Crippen LogP contribution in [0, 0.1) is 18.3 Å². The second-order valence-corrected chi connectivity index (χ2v) is 9.18. The van der Waals surface area contributed by atoms with Crippen molar-refractivity contribution < 1.29 is 4.79 Å². The van der Waals surface area contributed by atoms with E-state index in [4.69, 9.17) is 10.4 Å². The first-order chi connectivity index (χ1) is 14.0. The largest absolute Gasteiger partial charge is 0.342 e. The third-order valence-electron chi connectivity index (χ3n) is 6.00. The summed E-state index contributed by atoms with van der Waals surface area (Å²) >= 11 is 1.50. The van der Waals surface area contributed by atoms with Crippen molar-refractivity contribution >= 4 is 34.4 Å². The molecule has 3 aliphatic heterocycles. The third-order valence-corrected chi connectivity index (χ3v) is 7.32. The second-order valence-electron chi connectivity index (χ2n) is 8.01. The molecule has 2 saturated heterocycles. The number of anilines is 1. The Bertz CT molecular complexity index is 821. The average Bonchev–Trinajstić information content (AvgIpc) is 3.37. The standard InChI is InChI=1S/C21H30N6OS/c1-4-16(20(28)26-11-7-8-12-26)29-21-23-19-17(14(3)24-25-19)18(22)27(21)15-10-6-5-9-13(15)2/h5-6,9-10,14,16-17,19,22,24-25H,4,7-8,11-12H2,1-3H3. The number of aliphatic imine (C=N–C) groups is 1. The highest BCUT2D eigenvalue weighted by Gasteiger charge is 2.44. The number of rotatable bonds is 4. The van der Waals surface area contributed by atoms with E-state index in [9.17, 15) is 4.79 Å². The van der Waals surface area contributed by atoms with Gasteiger partial charge in [0.05, 0.1) is 16.9 Å². The minimum Gasteiger partial charge on any atom is -0.342 e. The summed E-state index contributed by atoms with van der Waals surface area (Å²) in [5.41, 5.74) is 8.50. The first-order valence-corrected chi connectivity index (χ1v) is 11.4. The first kappa shape index (κ1) is 20.4. The SMILES string of the molecule is CCC(SC1=NC2NNC(C)C2C(=N)N1c1ccccc1C)C(=O)N1CCCC1. The maximum Gasteiger partial charge on any atom is 0.236 e. The van der Waals surface area contributed by atoms with Crippen LogP contribution in [0.25, 0.3) is 0 Å². The highest BCUT2D eigenvalue weighted by molar-refractivity contribution is 8.15. The van der Waals surface area contributed by atoms with Crippen molar-refractivity contribution in [3.63, 3.8) is 0 Å². The molecule has 7 nitrogen and oxygen atoms in total. The number of amides is 1. The van der Waals surface area contributed by atoms with Crippen LogP contribution in [0.5, 0.6) is 0 Å². The molecule has 1 amide bonds. The fourth-order valence-corrected chi connectivity index (χ4v) is 5.45. The fraction of sp³-hybridized carbons (Fsp3) is 0.571. The van der Waals surface area contributed by atoms with Gasteiger partial charge in [-0.05, 0) is 44.7 Å². The van der Waals surface area contributed by atoms with Gasteiger partial charge in [0, 0.05) is 19.1 Å². The van der Waals surface area contributed by atoms with Crippen molar-refractivity contribution in [2.75, 3.05) is 18.0 Å². The molecule has 0 radical (unpaired) electrons. The zero-order valence-electron chi connectivity index (χ0n) is 17.3. The van der Waals surface area contributed by atoms with Crippen molar-refractivity contribution in [1.29, 1.82) is 5.41 Å². The molecule has 1 aromatic carbocycles. The van der Waals surface area contributed by atoms with Crippen LogP contribution in [-0.2, 0) is 4.79 Å². The maximum absolute atomic E-state index is 13.1. The summed E-state index contributed by atoms with van der Waals surface area (Å²) in [6, 6.07) is 8.20. The Labute approximate surface area is 176 Å². The van der Waals surface area contributed by atoms with E-state index in [0.29, 0.717) is 5.84 Å². The van der Waals surface area contributed by atoms with E-state index in [2.05, 4.69) is 37.7 Å². The predicted octanol–water partition coefficient (Wildman–Crippen LogP) is 2.72. The van der Waals surface area contributed by atoms with Crippen LogP contribution in [0.2, 0.25) is 0 Å². The van der Waals surface area contributed by atoms with Gasteiger partial charge in [-0.25, -0.2) is 10.4 Å². The van der Waals surface area contributed by atoms with Crippen molar-refractivity contribution in [1.82, 2.24) is 15.8 Å². The molecule has 1 aromatic rings. The van der Waals surface area contributed by atoms with E-state index >= 15 is 0 Å². The van der Waals surface area contributed by atoms with Crippen molar-refractivity contribution in [2.45, 2.75) is 57.5 Å². The summed E-state index contributed by atoms with van der Waals surface area (Å²) in [6.45, 7) is 7.89. The summed E-state index contributed by atoms with van der Waals surface area (Å²) in [5, 5.41) is 9.54. The molecule has 0 aliphatic carbocycles. The zero-order valence-corrected chi connectivity index (χ0v) is 18.1. The van der Waals surface area contributed by atoms with Gasteiger partial charge in [0.25, 0.3) is 0 Å². The summed E-state index contributed by atoms with van der Waals surface area (Å²) in [7, 11) is 0. The molecule has 156 valence electrons. The number of benzene rings is 1. The number of thioether (sulfide) groups is 1. The van der Waals surface area contributed by atoms with E-state index in [1.54, 1.807) is 0 Å². The molecule has 2 fully saturated rings. The smallest absolute Gasteiger partial charge is 0.236 e. The van der Waals surface area contributed by atoms with Gasteiger partial charge in [0.1, 0.15) is 12.0 Å². The molecule has 29 heavy (non-hydrogen) atoms. The predicted molar refractivity (Wildman–Crippen MR) is 119 cm³/mol. The number of nitrogens with zero attached hydrogens (tertiary/aromatic N) is 3. The minimum absolute atomic E-state index is 0.0479. The van der Waals surface area contributed by atoms with Gasteiger partial charge >= 0.3 is 0 Å². The van der Waals surface area contributed by atoms with E-state index in [-0.39, 0.29) is 29.3 Å². The molecule has 3 N–H and O–H groups in total. The second kappa shape index (κ2) is 8.45. The number of likely N-dealkylation sites (tertiary alicyclic amines) is 1. The van der Waals surface area contributed by atoms with Gasteiger partial charge in [-0.2, -0.15) is 0 Å². The molecular weight excluding hydrogens is 384 g/mol. The van der Waals surface area contributed by atoms with Crippen LogP contribution >= 0.6 is 11.8 Å². The lowest BCUT2D eigenvalue weighted by molar-refractivity contribution is -0.129. The van der Waals surface area contributed by atoms with Crippen LogP contribution in [-0.4, -0.2) is 52.4 Å². The molecule has 4 unspecified atom stereocenters. The monoisotopic (exact) mass is 414 g/mol. The van der Waals surface area contributed by atoms with Gasteiger partial charge in [-0.3, -0.25) is 20.5 Å². The molecule has 3 aliphatic rings. The third kappa shape index (κ3) is 3.81. The van der Waals surface area contributed by atoms with Crippen molar-refractivity contribution in [3.8, 4) is 0 Å². The van der Waals surface area contributed by atoms with Gasteiger partial charge < -0.3 is 4.90 Å². The molecule has 3 heterocycles. The lowest BCUT2D eigenvalue weighted by Crippen LogP contribution is -2.51. The van der Waals surface area contributed by atoms with Crippen molar-refractivity contribution in [3.05, 3.63) is 29.8 Å². The minimum atomic E-state index is -0.186. The number of hydrogen-bond donors (Lipinski definition) is 3. The quantitative estimate of drug-likeness (QED) is 0.706. The van der Waals surface area contributed by atoms with Gasteiger partial charge in [0.2, 0.25) is 5.91 Å². The summed E-state index contributed by atoms with van der Waals surface area (Å²) in [6.07, 6.45) is 2.74. The Morgan fingerprint density at radius 2 is 2.03 bits per heavy atom. The number of amidine groups is 2. The summed E-state index contributed by atoms with van der Waals surface area (Å²) < 4.78 is 0. The number of nitrogens with one attached hydrogen (secondary N) is 3. The molecule has 0 bridgehead atoms. The number of carbonyl (C=O) groups excluding carboxylic acids is 1. The Kier molecular flexibility index (Phi) is 5.94. The Morgan fingerprint density at radius 1 is 1.31 bits per heavy atom. The van der Waals surface area contributed by atoms with E-state index < -0.39 is 0 Å². The molecule has 8 heteroatoms. The summed E-state index contributed by atoms with van der Waals surface area (Å²) in [5.74, 6) is 0.672. The fourth-order valence-electron chi connectivity index (χ4n) is 4.30. The van der Waals surface area contributed by atoms with Crippen LogP contribution in [0.4, 0.5) is 5.69 Å². The Morgan fingerprint density at radius 3 is 2.72 bits per heavy atom. The first-order valence-electron chi connectivity index (χ1n) is 10.5. The van der Waals surface area contributed by atoms with E-state index in [1.165, 1.54) is 11.8 Å². The average molecular weight is 415 g/mol. The van der Waals surface area contributed by atoms with Crippen molar-refractivity contribution in [2.24, 2.45) is 10.9 Å². The van der Waals surface area contributed by atoms with Gasteiger partial charge in [-0.15, -0.1) is 0 Å². The Hall–Kier alpha value is -1.90. The number of carbonyl (C=O) groups is 1. The lowest BCUT2D eigenvalue weighted by atomic mass is 9.96. The molecule has 0 spiro atoms. The van der Waals surface area contributed by atoms with Crippen LogP contribution < -0.4 is 15.8 Å². The number of hydrogen-bond acceptors (Lipinski definition) is 6.